The molecule has 1 amide bonds. The first-order valence-electron chi connectivity index (χ1n) is 9.27. The van der Waals surface area contributed by atoms with Gasteiger partial charge in [-0.1, -0.05) is 42.1 Å². The molecular weight excluding hydrogens is 404 g/mol. The summed E-state index contributed by atoms with van der Waals surface area (Å²) in [5, 5.41) is 4.28. The normalized spacial score (nSPS) is 11.4. The van der Waals surface area contributed by atoms with E-state index in [1.165, 1.54) is 23.1 Å². The van der Waals surface area contributed by atoms with Gasteiger partial charge in [0.25, 0.3) is 5.56 Å². The average Bonchev–Trinajstić information content (AvgIpc) is 3.08. The second kappa shape index (κ2) is 8.34. The number of carbonyl (C=O) groups excluding carboxylic acids is 1. The fraction of sp³-hybridized carbons (Fsp3) is 0.238. The highest BCUT2D eigenvalue weighted by Crippen LogP contribution is 2.30. The van der Waals surface area contributed by atoms with Gasteiger partial charge in [-0.2, -0.15) is 0 Å². The number of aromatic nitrogens is 3. The summed E-state index contributed by atoms with van der Waals surface area (Å²) in [5.74, 6) is 0.119. The molecule has 4 aromatic rings. The van der Waals surface area contributed by atoms with Crippen molar-refractivity contribution in [2.24, 2.45) is 0 Å². The zero-order chi connectivity index (χ0) is 20.4. The number of pyridine rings is 1. The second-order valence-electron chi connectivity index (χ2n) is 6.92. The number of nitrogens with one attached hydrogen (secondary N) is 1. The molecule has 1 N–H and O–H groups in total. The van der Waals surface area contributed by atoms with Crippen LogP contribution >= 0.6 is 23.1 Å². The van der Waals surface area contributed by atoms with Gasteiger partial charge in [-0.15, -0.1) is 11.3 Å². The van der Waals surface area contributed by atoms with E-state index in [2.05, 4.69) is 10.3 Å². The van der Waals surface area contributed by atoms with Crippen LogP contribution in [0.4, 0.5) is 0 Å². The minimum absolute atomic E-state index is 0.0666. The molecule has 0 spiro atoms. The third-order valence-corrected chi connectivity index (χ3v) is 6.35. The van der Waals surface area contributed by atoms with Crippen LogP contribution in [-0.2, 0) is 11.3 Å². The quantitative estimate of drug-likeness (QED) is 0.377. The number of benzene rings is 1. The summed E-state index contributed by atoms with van der Waals surface area (Å²) in [7, 11) is 0. The number of amides is 1. The molecule has 0 radical (unpaired) electrons. The summed E-state index contributed by atoms with van der Waals surface area (Å²) < 4.78 is 2.24. The Hall–Kier alpha value is -2.71. The Morgan fingerprint density at radius 3 is 2.76 bits per heavy atom. The Morgan fingerprint density at radius 1 is 1.21 bits per heavy atom. The van der Waals surface area contributed by atoms with Gasteiger partial charge in [0.05, 0.1) is 17.8 Å². The third kappa shape index (κ3) is 4.18. The van der Waals surface area contributed by atoms with E-state index in [9.17, 15) is 9.59 Å². The Kier molecular flexibility index (Phi) is 5.64. The molecule has 0 atom stereocenters. The lowest BCUT2D eigenvalue weighted by atomic mass is 10.2. The first kappa shape index (κ1) is 19.6. The summed E-state index contributed by atoms with van der Waals surface area (Å²) in [5.41, 5.74) is 1.55. The second-order valence-corrected chi connectivity index (χ2v) is 8.86. The molecule has 1 aromatic carbocycles. The SMILES string of the molecule is CC(C)NC(=O)CSc1nc2c(sc3ncccc32)c(=O)n1Cc1ccccc1. The number of rotatable bonds is 6. The molecule has 0 aliphatic rings. The lowest BCUT2D eigenvalue weighted by Gasteiger charge is -2.13. The fourth-order valence-corrected chi connectivity index (χ4v) is 4.88. The van der Waals surface area contributed by atoms with Gasteiger partial charge in [0.2, 0.25) is 5.91 Å². The van der Waals surface area contributed by atoms with Crippen LogP contribution < -0.4 is 10.9 Å². The topological polar surface area (TPSA) is 76.9 Å². The fourth-order valence-electron chi connectivity index (χ4n) is 3.05. The van der Waals surface area contributed by atoms with E-state index in [-0.39, 0.29) is 23.3 Å². The highest BCUT2D eigenvalue weighted by molar-refractivity contribution is 7.99. The van der Waals surface area contributed by atoms with Gasteiger partial charge in [0.15, 0.2) is 5.16 Å². The van der Waals surface area contributed by atoms with Crippen molar-refractivity contribution >= 4 is 49.4 Å². The van der Waals surface area contributed by atoms with Gasteiger partial charge in [-0.05, 0) is 31.5 Å². The van der Waals surface area contributed by atoms with Gasteiger partial charge in [-0.25, -0.2) is 9.97 Å². The van der Waals surface area contributed by atoms with Crippen molar-refractivity contribution in [2.75, 3.05) is 5.75 Å². The van der Waals surface area contributed by atoms with Crippen LogP contribution in [0.1, 0.15) is 19.4 Å². The Morgan fingerprint density at radius 2 is 2.00 bits per heavy atom. The van der Waals surface area contributed by atoms with E-state index >= 15 is 0 Å². The van der Waals surface area contributed by atoms with Crippen LogP contribution in [0, 0.1) is 0 Å². The molecule has 0 unspecified atom stereocenters. The van der Waals surface area contributed by atoms with Crippen LogP contribution in [0.2, 0.25) is 0 Å². The van der Waals surface area contributed by atoms with Crippen molar-refractivity contribution < 1.29 is 4.79 Å². The highest BCUT2D eigenvalue weighted by atomic mass is 32.2. The number of nitrogens with zero attached hydrogens (tertiary/aromatic N) is 3. The first-order chi connectivity index (χ1) is 14.0. The van der Waals surface area contributed by atoms with Crippen molar-refractivity contribution in [3.8, 4) is 0 Å². The minimum Gasteiger partial charge on any atom is -0.353 e. The Balaban J connectivity index is 1.81. The number of fused-ring (bicyclic) bond motifs is 3. The van der Waals surface area contributed by atoms with Crippen LogP contribution in [0.3, 0.4) is 0 Å². The lowest BCUT2D eigenvalue weighted by molar-refractivity contribution is -0.119. The number of carbonyl (C=O) groups is 1. The number of hydrogen-bond acceptors (Lipinski definition) is 6. The van der Waals surface area contributed by atoms with Gasteiger partial charge in [0.1, 0.15) is 9.53 Å². The maximum atomic E-state index is 13.3. The van der Waals surface area contributed by atoms with Gasteiger partial charge >= 0.3 is 0 Å². The van der Waals surface area contributed by atoms with Crippen molar-refractivity contribution in [3.05, 3.63) is 64.6 Å². The Bertz CT molecular complexity index is 1230. The number of thioether (sulfide) groups is 1. The molecule has 0 saturated carbocycles. The maximum absolute atomic E-state index is 13.3. The van der Waals surface area contributed by atoms with E-state index in [0.29, 0.717) is 21.9 Å². The summed E-state index contributed by atoms with van der Waals surface area (Å²) in [6.07, 6.45) is 1.71. The summed E-state index contributed by atoms with van der Waals surface area (Å²) in [4.78, 5) is 35.4. The zero-order valence-corrected chi connectivity index (χ0v) is 17.7. The molecule has 0 aliphatic heterocycles. The van der Waals surface area contributed by atoms with E-state index in [4.69, 9.17) is 4.98 Å². The molecule has 0 fully saturated rings. The molecule has 3 heterocycles. The van der Waals surface area contributed by atoms with E-state index < -0.39 is 0 Å². The smallest absolute Gasteiger partial charge is 0.272 e. The number of thiophene rings is 1. The van der Waals surface area contributed by atoms with Gasteiger partial charge in [0, 0.05) is 17.6 Å². The third-order valence-electron chi connectivity index (χ3n) is 4.28. The van der Waals surface area contributed by atoms with Gasteiger partial charge in [-0.3, -0.25) is 14.2 Å². The van der Waals surface area contributed by atoms with Crippen LogP contribution in [0.25, 0.3) is 20.4 Å². The Labute approximate surface area is 176 Å². The maximum Gasteiger partial charge on any atom is 0.272 e. The van der Waals surface area contributed by atoms with Crippen molar-refractivity contribution in [1.82, 2.24) is 19.9 Å². The molecule has 148 valence electrons. The van der Waals surface area contributed by atoms with Gasteiger partial charge < -0.3 is 5.32 Å². The summed E-state index contributed by atoms with van der Waals surface area (Å²) in [6.45, 7) is 4.24. The average molecular weight is 425 g/mol. The minimum atomic E-state index is -0.103. The molecule has 4 rings (SSSR count). The summed E-state index contributed by atoms with van der Waals surface area (Å²) >= 11 is 2.64. The monoisotopic (exact) mass is 424 g/mol. The van der Waals surface area contributed by atoms with E-state index in [0.717, 1.165) is 15.8 Å². The summed E-state index contributed by atoms with van der Waals surface area (Å²) in [6, 6.07) is 13.6. The predicted octanol–water partition coefficient (Wildman–Crippen LogP) is 3.67. The van der Waals surface area contributed by atoms with Crippen molar-refractivity contribution in [2.45, 2.75) is 31.6 Å². The standard InChI is InChI=1S/C21H20N4O2S2/c1-13(2)23-16(26)12-28-21-24-17-15-9-6-10-22-19(15)29-18(17)20(27)25(21)11-14-7-4-3-5-8-14/h3-10,13H,11-12H2,1-2H3,(H,23,26). The van der Waals surface area contributed by atoms with Crippen LogP contribution in [0.15, 0.2) is 58.6 Å². The molecule has 3 aromatic heterocycles. The molecule has 6 nitrogen and oxygen atoms in total. The van der Waals surface area contributed by atoms with Crippen LogP contribution in [-0.4, -0.2) is 32.2 Å². The predicted molar refractivity (Wildman–Crippen MR) is 119 cm³/mol. The molecule has 0 saturated heterocycles. The zero-order valence-electron chi connectivity index (χ0n) is 16.1. The molecule has 29 heavy (non-hydrogen) atoms. The molecule has 0 bridgehead atoms. The van der Waals surface area contributed by atoms with Crippen molar-refractivity contribution in [1.29, 1.82) is 0 Å². The number of hydrogen-bond donors (Lipinski definition) is 1. The molecular formula is C21H20N4O2S2. The highest BCUT2D eigenvalue weighted by Gasteiger charge is 2.18. The van der Waals surface area contributed by atoms with E-state index in [1.807, 2.05) is 56.3 Å². The van der Waals surface area contributed by atoms with Crippen molar-refractivity contribution in [3.63, 3.8) is 0 Å². The van der Waals surface area contributed by atoms with Crippen LogP contribution in [0.5, 0.6) is 0 Å². The first-order valence-corrected chi connectivity index (χ1v) is 11.1. The molecule has 0 aliphatic carbocycles. The largest absolute Gasteiger partial charge is 0.353 e. The molecule has 8 heteroatoms. The lowest BCUT2D eigenvalue weighted by Crippen LogP contribution is -2.32. The van der Waals surface area contributed by atoms with E-state index in [1.54, 1.807) is 10.8 Å².